The van der Waals surface area contributed by atoms with Gasteiger partial charge in [0, 0.05) is 6.04 Å². The van der Waals surface area contributed by atoms with Gasteiger partial charge in [0.25, 0.3) is 0 Å². The summed E-state index contributed by atoms with van der Waals surface area (Å²) in [4.78, 5) is 4.34. The smallest absolute Gasteiger partial charge is 0.109 e. The van der Waals surface area contributed by atoms with Crippen molar-refractivity contribution < 1.29 is 0 Å². The van der Waals surface area contributed by atoms with Crippen molar-refractivity contribution in [2.45, 2.75) is 52.0 Å². The normalized spacial score (nSPS) is 24.6. The van der Waals surface area contributed by atoms with Gasteiger partial charge in [-0.2, -0.15) is 0 Å². The van der Waals surface area contributed by atoms with E-state index in [-0.39, 0.29) is 0 Å². The zero-order chi connectivity index (χ0) is 12.3. The highest BCUT2D eigenvalue weighted by atomic mass is 79.9. The van der Waals surface area contributed by atoms with E-state index in [1.165, 1.54) is 37.7 Å². The second-order valence-corrected chi connectivity index (χ2v) is 5.86. The van der Waals surface area contributed by atoms with E-state index in [0.29, 0.717) is 6.04 Å². The molecule has 0 aliphatic heterocycles. The first kappa shape index (κ1) is 12.9. The molecule has 0 amide bonds. The molecule has 1 heterocycles. The fourth-order valence-corrected chi connectivity index (χ4v) is 2.88. The first-order valence-electron chi connectivity index (χ1n) is 6.57. The molecule has 2 unspecified atom stereocenters. The number of hydrogen-bond acceptors (Lipinski definition) is 2. The summed E-state index contributed by atoms with van der Waals surface area (Å²) in [6.07, 6.45) is 8.62. The Morgan fingerprint density at radius 3 is 3.00 bits per heavy atom. The summed E-state index contributed by atoms with van der Waals surface area (Å²) in [5.41, 5.74) is 2.35. The molecule has 2 atom stereocenters. The number of rotatable bonds is 3. The fourth-order valence-electron chi connectivity index (χ4n) is 2.67. The topological polar surface area (TPSA) is 24.9 Å². The second-order valence-electron chi connectivity index (χ2n) is 5.11. The molecule has 17 heavy (non-hydrogen) atoms. The van der Waals surface area contributed by atoms with Crippen LogP contribution in [0.25, 0.3) is 0 Å². The predicted molar refractivity (Wildman–Crippen MR) is 76.3 cm³/mol. The summed E-state index contributed by atoms with van der Waals surface area (Å²) >= 11 is 3.44. The number of aromatic nitrogens is 1. The lowest BCUT2D eigenvalue weighted by molar-refractivity contribution is 0.327. The van der Waals surface area contributed by atoms with Crippen molar-refractivity contribution >= 4 is 21.6 Å². The molecular formula is C14H21BrN2. The first-order valence-corrected chi connectivity index (χ1v) is 7.37. The van der Waals surface area contributed by atoms with E-state index in [1.54, 1.807) is 0 Å². The Hall–Kier alpha value is -0.570. The zero-order valence-electron chi connectivity index (χ0n) is 10.7. The number of halogens is 1. The molecule has 0 saturated heterocycles. The van der Waals surface area contributed by atoms with Crippen molar-refractivity contribution in [1.82, 2.24) is 4.98 Å². The van der Waals surface area contributed by atoms with Crippen LogP contribution in [0.5, 0.6) is 0 Å². The van der Waals surface area contributed by atoms with Gasteiger partial charge in [-0.25, -0.2) is 4.98 Å². The summed E-state index contributed by atoms with van der Waals surface area (Å²) in [7, 11) is 0. The zero-order valence-corrected chi connectivity index (χ0v) is 12.3. The van der Waals surface area contributed by atoms with Gasteiger partial charge in [0.1, 0.15) is 4.60 Å². The molecule has 1 saturated carbocycles. The molecule has 1 aliphatic carbocycles. The Kier molecular flexibility index (Phi) is 4.43. The molecule has 1 aliphatic rings. The van der Waals surface area contributed by atoms with Crippen molar-refractivity contribution in [2.24, 2.45) is 5.92 Å². The summed E-state index contributed by atoms with van der Waals surface area (Å²) in [6.45, 7) is 4.39. The lowest BCUT2D eigenvalue weighted by atomic mass is 9.84. The van der Waals surface area contributed by atoms with E-state index in [1.807, 2.05) is 6.20 Å². The lowest BCUT2D eigenvalue weighted by Crippen LogP contribution is -2.27. The quantitative estimate of drug-likeness (QED) is 0.829. The van der Waals surface area contributed by atoms with Crippen LogP contribution in [0.4, 0.5) is 5.69 Å². The van der Waals surface area contributed by atoms with Crippen LogP contribution >= 0.6 is 15.9 Å². The van der Waals surface area contributed by atoms with E-state index < -0.39 is 0 Å². The molecule has 3 heteroatoms. The largest absolute Gasteiger partial charge is 0.381 e. The number of pyridine rings is 1. The monoisotopic (exact) mass is 296 g/mol. The Bertz CT molecular complexity index is 378. The van der Waals surface area contributed by atoms with Gasteiger partial charge in [-0.05, 0) is 53.2 Å². The maximum absolute atomic E-state index is 4.34. The van der Waals surface area contributed by atoms with E-state index >= 15 is 0 Å². The number of hydrogen-bond donors (Lipinski definition) is 1. The molecule has 1 aromatic heterocycles. The molecule has 0 spiro atoms. The Morgan fingerprint density at radius 2 is 2.29 bits per heavy atom. The predicted octanol–water partition coefficient (Wildman–Crippen LogP) is 4.53. The van der Waals surface area contributed by atoms with Crippen LogP contribution in [0.2, 0.25) is 0 Å². The highest BCUT2D eigenvalue weighted by Crippen LogP contribution is 2.29. The van der Waals surface area contributed by atoms with Gasteiger partial charge in [0.05, 0.1) is 11.9 Å². The van der Waals surface area contributed by atoms with Crippen LogP contribution in [0, 0.1) is 12.8 Å². The van der Waals surface area contributed by atoms with Gasteiger partial charge < -0.3 is 5.32 Å². The molecular weight excluding hydrogens is 276 g/mol. The first-order chi connectivity index (χ1) is 8.19. The Morgan fingerprint density at radius 1 is 1.47 bits per heavy atom. The van der Waals surface area contributed by atoms with Gasteiger partial charge >= 0.3 is 0 Å². The van der Waals surface area contributed by atoms with Crippen LogP contribution in [-0.4, -0.2) is 11.0 Å². The average molecular weight is 297 g/mol. The number of nitrogens with one attached hydrogen (secondary N) is 1. The van der Waals surface area contributed by atoms with Gasteiger partial charge in [-0.3, -0.25) is 0 Å². The van der Waals surface area contributed by atoms with E-state index in [0.717, 1.165) is 16.2 Å². The van der Waals surface area contributed by atoms with Crippen molar-refractivity contribution in [3.05, 3.63) is 22.4 Å². The highest BCUT2D eigenvalue weighted by molar-refractivity contribution is 9.10. The minimum absolute atomic E-state index is 0.635. The van der Waals surface area contributed by atoms with Crippen molar-refractivity contribution in [1.29, 1.82) is 0 Å². The van der Waals surface area contributed by atoms with Crippen LogP contribution in [-0.2, 0) is 0 Å². The standard InChI is InChI=1S/C14H21BrN2/c1-3-11-5-4-6-12(8-11)17-13-7-10(2)14(15)16-9-13/h7,9,11-12,17H,3-6,8H2,1-2H3. The molecule has 1 aromatic rings. The van der Waals surface area contributed by atoms with Crippen LogP contribution in [0.1, 0.15) is 44.6 Å². The van der Waals surface area contributed by atoms with Crippen LogP contribution in [0.3, 0.4) is 0 Å². The summed E-state index contributed by atoms with van der Waals surface area (Å²) < 4.78 is 0.943. The lowest BCUT2D eigenvalue weighted by Gasteiger charge is -2.29. The minimum atomic E-state index is 0.635. The molecule has 0 bridgehead atoms. The second kappa shape index (κ2) is 5.85. The van der Waals surface area contributed by atoms with Crippen molar-refractivity contribution in [2.75, 3.05) is 5.32 Å². The van der Waals surface area contributed by atoms with Crippen LogP contribution < -0.4 is 5.32 Å². The SMILES string of the molecule is CCC1CCCC(Nc2cnc(Br)c(C)c2)C1. The third-order valence-corrected chi connectivity index (χ3v) is 4.58. The third kappa shape index (κ3) is 3.44. The molecule has 0 radical (unpaired) electrons. The summed E-state index contributed by atoms with van der Waals surface area (Å²) in [5, 5.41) is 3.63. The van der Waals surface area contributed by atoms with Gasteiger partial charge in [0.15, 0.2) is 0 Å². The molecule has 1 N–H and O–H groups in total. The van der Waals surface area contributed by atoms with Crippen LogP contribution in [0.15, 0.2) is 16.9 Å². The molecule has 2 nitrogen and oxygen atoms in total. The minimum Gasteiger partial charge on any atom is -0.381 e. The fraction of sp³-hybridized carbons (Fsp3) is 0.643. The Balaban J connectivity index is 1.97. The van der Waals surface area contributed by atoms with E-state index in [4.69, 9.17) is 0 Å². The highest BCUT2D eigenvalue weighted by Gasteiger charge is 2.20. The number of aryl methyl sites for hydroxylation is 1. The summed E-state index contributed by atoms with van der Waals surface area (Å²) in [5.74, 6) is 0.908. The van der Waals surface area contributed by atoms with Crippen molar-refractivity contribution in [3.63, 3.8) is 0 Å². The van der Waals surface area contributed by atoms with Gasteiger partial charge in [-0.15, -0.1) is 0 Å². The Labute approximate surface area is 112 Å². The van der Waals surface area contributed by atoms with E-state index in [2.05, 4.69) is 46.1 Å². The number of nitrogens with zero attached hydrogens (tertiary/aromatic N) is 1. The average Bonchev–Trinajstić information content (AvgIpc) is 2.34. The molecule has 1 fully saturated rings. The maximum Gasteiger partial charge on any atom is 0.109 e. The van der Waals surface area contributed by atoms with Crippen molar-refractivity contribution in [3.8, 4) is 0 Å². The van der Waals surface area contributed by atoms with E-state index in [9.17, 15) is 0 Å². The summed E-state index contributed by atoms with van der Waals surface area (Å²) in [6, 6.07) is 2.81. The van der Waals surface area contributed by atoms with Gasteiger partial charge in [0.2, 0.25) is 0 Å². The number of anilines is 1. The third-order valence-electron chi connectivity index (χ3n) is 3.75. The molecule has 94 valence electrons. The maximum atomic E-state index is 4.34. The molecule has 2 rings (SSSR count). The van der Waals surface area contributed by atoms with Gasteiger partial charge in [-0.1, -0.05) is 26.2 Å². The molecule has 0 aromatic carbocycles.